The number of imidazole rings is 1. The van der Waals surface area contributed by atoms with E-state index in [1.54, 1.807) is 0 Å². The number of benzene rings is 3. The van der Waals surface area contributed by atoms with E-state index in [1.165, 1.54) is 16.7 Å². The van der Waals surface area contributed by atoms with E-state index < -0.39 is 0 Å². The maximum Gasteiger partial charge on any atom is 0.217 e. The summed E-state index contributed by atoms with van der Waals surface area (Å²) in [6.45, 7) is 0.770. The van der Waals surface area contributed by atoms with Crippen LogP contribution in [0.5, 0.6) is 0 Å². The van der Waals surface area contributed by atoms with Gasteiger partial charge in [0.15, 0.2) is 0 Å². The van der Waals surface area contributed by atoms with Gasteiger partial charge in [0, 0.05) is 13.0 Å². The van der Waals surface area contributed by atoms with Gasteiger partial charge in [0.1, 0.15) is 0 Å². The summed E-state index contributed by atoms with van der Waals surface area (Å²) in [6, 6.07) is 25.2. The number of hydrogen-bond donors (Lipinski definition) is 1. The molecule has 4 rings (SSSR count). The Labute approximate surface area is 158 Å². The molecule has 0 aliphatic carbocycles. The first-order chi connectivity index (χ1) is 13.2. The molecule has 0 radical (unpaired) electrons. The lowest BCUT2D eigenvalue weighted by Gasteiger charge is -2.07. The first-order valence-corrected chi connectivity index (χ1v) is 9.05. The molecule has 2 N–H and O–H groups in total. The average molecular weight is 355 g/mol. The molecule has 0 unspecified atom stereocenters. The van der Waals surface area contributed by atoms with E-state index in [0.717, 1.165) is 23.1 Å². The first-order valence-electron chi connectivity index (χ1n) is 9.05. The minimum absolute atomic E-state index is 0.278. The lowest BCUT2D eigenvalue weighted by molar-refractivity contribution is -0.117. The number of hydrogen-bond acceptors (Lipinski definition) is 2. The van der Waals surface area contributed by atoms with E-state index in [4.69, 9.17) is 5.73 Å². The van der Waals surface area contributed by atoms with Crippen molar-refractivity contribution < 1.29 is 4.79 Å². The molecular formula is C23H21N3O. The zero-order chi connectivity index (χ0) is 18.6. The summed E-state index contributed by atoms with van der Waals surface area (Å²) in [7, 11) is 0. The third-order valence-corrected chi connectivity index (χ3v) is 4.76. The summed E-state index contributed by atoms with van der Waals surface area (Å²) in [6.07, 6.45) is 2.88. The zero-order valence-corrected chi connectivity index (χ0v) is 15.0. The highest BCUT2D eigenvalue weighted by Crippen LogP contribution is 2.21. The molecule has 1 heterocycles. The van der Waals surface area contributed by atoms with Crippen LogP contribution in [0.2, 0.25) is 0 Å². The molecule has 134 valence electrons. The van der Waals surface area contributed by atoms with Crippen molar-refractivity contribution in [3.63, 3.8) is 0 Å². The molecule has 0 saturated carbocycles. The van der Waals surface area contributed by atoms with Gasteiger partial charge in [0.05, 0.1) is 17.4 Å². The van der Waals surface area contributed by atoms with Gasteiger partial charge in [-0.2, -0.15) is 0 Å². The fraction of sp³-hybridized carbons (Fsp3) is 0.130. The van der Waals surface area contributed by atoms with Crippen LogP contribution < -0.4 is 5.73 Å². The molecule has 27 heavy (non-hydrogen) atoms. The molecule has 3 aromatic carbocycles. The van der Waals surface area contributed by atoms with Gasteiger partial charge in [0.2, 0.25) is 5.91 Å². The van der Waals surface area contributed by atoms with E-state index >= 15 is 0 Å². The Balaban J connectivity index is 1.52. The Morgan fingerprint density at radius 3 is 2.33 bits per heavy atom. The fourth-order valence-electron chi connectivity index (χ4n) is 3.29. The number of fused-ring (bicyclic) bond motifs is 1. The maximum atomic E-state index is 11.0. The van der Waals surface area contributed by atoms with Crippen molar-refractivity contribution in [1.29, 1.82) is 0 Å². The third kappa shape index (κ3) is 3.90. The van der Waals surface area contributed by atoms with Crippen LogP contribution in [-0.2, 0) is 17.8 Å². The zero-order valence-electron chi connectivity index (χ0n) is 15.0. The normalized spacial score (nSPS) is 11.0. The van der Waals surface area contributed by atoms with Gasteiger partial charge < -0.3 is 10.3 Å². The molecule has 0 atom stereocenters. The van der Waals surface area contributed by atoms with Crippen LogP contribution in [0.4, 0.5) is 0 Å². The van der Waals surface area contributed by atoms with Gasteiger partial charge in [0.25, 0.3) is 0 Å². The van der Waals surface area contributed by atoms with Gasteiger partial charge in [-0.05, 0) is 40.8 Å². The molecule has 0 aliphatic heterocycles. The van der Waals surface area contributed by atoms with E-state index in [2.05, 4.69) is 64.1 Å². The predicted octanol–water partition coefficient (Wildman–Crippen LogP) is 4.17. The van der Waals surface area contributed by atoms with Crippen LogP contribution in [0, 0.1) is 0 Å². The van der Waals surface area contributed by atoms with Crippen molar-refractivity contribution in [2.45, 2.75) is 19.4 Å². The van der Waals surface area contributed by atoms with Crippen molar-refractivity contribution in [1.82, 2.24) is 9.55 Å². The monoisotopic (exact) mass is 355 g/mol. The Hall–Kier alpha value is -3.40. The predicted molar refractivity (Wildman–Crippen MR) is 108 cm³/mol. The molecule has 1 aromatic heterocycles. The van der Waals surface area contributed by atoms with Crippen molar-refractivity contribution in [2.75, 3.05) is 0 Å². The van der Waals surface area contributed by atoms with Crippen molar-refractivity contribution in [3.8, 4) is 11.1 Å². The highest BCUT2D eigenvalue weighted by molar-refractivity contribution is 5.77. The highest BCUT2D eigenvalue weighted by Gasteiger charge is 2.06. The number of primary amides is 1. The second kappa shape index (κ2) is 7.46. The molecule has 0 saturated heterocycles. The Bertz CT molecular complexity index is 1070. The number of nitrogens with two attached hydrogens (primary N) is 1. The number of carbonyl (C=O) groups excluding carboxylic acids is 1. The highest BCUT2D eigenvalue weighted by atomic mass is 16.1. The number of nitrogens with zero attached hydrogens (tertiary/aromatic N) is 2. The number of aryl methyl sites for hydroxylation is 1. The summed E-state index contributed by atoms with van der Waals surface area (Å²) in [5.74, 6) is -0.278. The van der Waals surface area contributed by atoms with E-state index in [1.807, 2.05) is 24.5 Å². The number of aromatic nitrogens is 2. The molecule has 1 amide bonds. The second-order valence-corrected chi connectivity index (χ2v) is 6.72. The second-order valence-electron chi connectivity index (χ2n) is 6.72. The van der Waals surface area contributed by atoms with Crippen molar-refractivity contribution in [2.24, 2.45) is 5.73 Å². The fourth-order valence-corrected chi connectivity index (χ4v) is 3.29. The summed E-state index contributed by atoms with van der Waals surface area (Å²) in [5.41, 5.74) is 12.0. The number of rotatable bonds is 6. The van der Waals surface area contributed by atoms with Crippen LogP contribution in [0.15, 0.2) is 79.1 Å². The standard InChI is InChI=1S/C23H21N3O/c24-23(27)13-9-17-8-12-22-21(14-17)25-16-26(22)15-18-6-10-20(11-7-18)19-4-2-1-3-5-19/h1-8,10-12,14,16H,9,13,15H2,(H2,24,27). The third-order valence-electron chi connectivity index (χ3n) is 4.76. The number of carbonyl (C=O) groups is 1. The molecule has 4 nitrogen and oxygen atoms in total. The molecule has 0 bridgehead atoms. The van der Waals surface area contributed by atoms with Crippen molar-refractivity contribution >= 4 is 16.9 Å². The smallest absolute Gasteiger partial charge is 0.217 e. The minimum Gasteiger partial charge on any atom is -0.370 e. The number of amides is 1. The van der Waals surface area contributed by atoms with E-state index in [0.29, 0.717) is 12.8 Å². The Morgan fingerprint density at radius 2 is 1.59 bits per heavy atom. The summed E-state index contributed by atoms with van der Waals surface area (Å²) < 4.78 is 2.14. The van der Waals surface area contributed by atoms with Crippen LogP contribution >= 0.6 is 0 Å². The van der Waals surface area contributed by atoms with Gasteiger partial charge >= 0.3 is 0 Å². The van der Waals surface area contributed by atoms with E-state index in [-0.39, 0.29) is 5.91 Å². The average Bonchev–Trinajstić information content (AvgIpc) is 3.10. The minimum atomic E-state index is -0.278. The first kappa shape index (κ1) is 17.0. The lowest BCUT2D eigenvalue weighted by atomic mass is 10.0. The lowest BCUT2D eigenvalue weighted by Crippen LogP contribution is -2.11. The topological polar surface area (TPSA) is 60.9 Å². The van der Waals surface area contributed by atoms with Gasteiger partial charge in [-0.25, -0.2) is 4.98 Å². The summed E-state index contributed by atoms with van der Waals surface area (Å²) in [4.78, 5) is 15.5. The molecule has 4 aromatic rings. The molecule has 0 aliphatic rings. The van der Waals surface area contributed by atoms with Crippen LogP contribution in [-0.4, -0.2) is 15.5 Å². The van der Waals surface area contributed by atoms with Crippen LogP contribution in [0.25, 0.3) is 22.2 Å². The Kier molecular flexibility index (Phi) is 4.71. The summed E-state index contributed by atoms with van der Waals surface area (Å²) in [5, 5.41) is 0. The molecule has 0 fully saturated rings. The van der Waals surface area contributed by atoms with E-state index in [9.17, 15) is 4.79 Å². The molecule has 0 spiro atoms. The van der Waals surface area contributed by atoms with Gasteiger partial charge in [-0.1, -0.05) is 60.7 Å². The van der Waals surface area contributed by atoms with Crippen LogP contribution in [0.3, 0.4) is 0 Å². The molecular weight excluding hydrogens is 334 g/mol. The van der Waals surface area contributed by atoms with Crippen molar-refractivity contribution in [3.05, 3.63) is 90.3 Å². The maximum absolute atomic E-state index is 11.0. The molecule has 4 heteroatoms. The van der Waals surface area contributed by atoms with Gasteiger partial charge in [-0.3, -0.25) is 4.79 Å². The Morgan fingerprint density at radius 1 is 0.889 bits per heavy atom. The quantitative estimate of drug-likeness (QED) is 0.564. The van der Waals surface area contributed by atoms with Crippen LogP contribution in [0.1, 0.15) is 17.5 Å². The SMILES string of the molecule is NC(=O)CCc1ccc2c(c1)ncn2Cc1ccc(-c2ccccc2)cc1. The summed E-state index contributed by atoms with van der Waals surface area (Å²) >= 11 is 0. The largest absolute Gasteiger partial charge is 0.370 e. The van der Waals surface area contributed by atoms with Gasteiger partial charge in [-0.15, -0.1) is 0 Å².